The molecule has 0 aromatic heterocycles. The van der Waals surface area contributed by atoms with Crippen molar-refractivity contribution in [3.05, 3.63) is 0 Å². The minimum absolute atomic E-state index is 0.000478. The number of piperazine rings is 1. The van der Waals surface area contributed by atoms with E-state index in [9.17, 15) is 18.0 Å². The predicted molar refractivity (Wildman–Crippen MR) is 79.9 cm³/mol. The van der Waals surface area contributed by atoms with Gasteiger partial charge in [-0.1, -0.05) is 6.42 Å². The summed E-state index contributed by atoms with van der Waals surface area (Å²) >= 11 is 0. The van der Waals surface area contributed by atoms with Crippen molar-refractivity contribution >= 4 is 5.91 Å². The third-order valence-corrected chi connectivity index (χ3v) is 4.75. The molecule has 0 aromatic rings. The average Bonchev–Trinajstić information content (AvgIpc) is 2.49. The summed E-state index contributed by atoms with van der Waals surface area (Å²) in [7, 11) is 0. The molecule has 0 bridgehead atoms. The second-order valence-corrected chi connectivity index (χ2v) is 6.51. The minimum atomic E-state index is -4.16. The van der Waals surface area contributed by atoms with Gasteiger partial charge in [-0.15, -0.1) is 0 Å². The number of aliphatic hydroxyl groups is 1. The monoisotopic (exact) mass is 337 g/mol. The fraction of sp³-hybridized carbons (Fsp3) is 0.933. The Bertz CT molecular complexity index is 385. The van der Waals surface area contributed by atoms with Gasteiger partial charge in [0.15, 0.2) is 0 Å². The van der Waals surface area contributed by atoms with Crippen LogP contribution in [0.15, 0.2) is 0 Å². The van der Waals surface area contributed by atoms with Gasteiger partial charge in [0.2, 0.25) is 5.91 Å². The highest BCUT2D eigenvalue weighted by molar-refractivity contribution is 5.78. The molecule has 1 aliphatic carbocycles. The Morgan fingerprint density at radius 1 is 1.13 bits per heavy atom. The molecule has 0 aromatic carbocycles. The topological polar surface area (TPSA) is 55.8 Å². The van der Waals surface area contributed by atoms with Crippen LogP contribution in [0.2, 0.25) is 0 Å². The van der Waals surface area contributed by atoms with E-state index in [1.165, 1.54) is 0 Å². The zero-order chi connectivity index (χ0) is 16.9. The molecule has 0 spiro atoms. The van der Waals surface area contributed by atoms with E-state index in [1.807, 2.05) is 4.90 Å². The van der Waals surface area contributed by atoms with Gasteiger partial charge in [-0.25, -0.2) is 0 Å². The Morgan fingerprint density at radius 2 is 1.78 bits per heavy atom. The molecule has 2 fully saturated rings. The summed E-state index contributed by atoms with van der Waals surface area (Å²) < 4.78 is 38.3. The summed E-state index contributed by atoms with van der Waals surface area (Å²) in [6.45, 7) is 4.08. The second kappa shape index (κ2) is 8.30. The van der Waals surface area contributed by atoms with Gasteiger partial charge in [-0.3, -0.25) is 14.6 Å². The highest BCUT2D eigenvalue weighted by atomic mass is 19.4. The van der Waals surface area contributed by atoms with Crippen molar-refractivity contribution in [2.75, 3.05) is 45.9 Å². The van der Waals surface area contributed by atoms with Crippen molar-refractivity contribution in [1.29, 1.82) is 0 Å². The number of hydrogen-bond acceptors (Lipinski definition) is 4. The van der Waals surface area contributed by atoms with E-state index in [-0.39, 0.29) is 37.9 Å². The summed E-state index contributed by atoms with van der Waals surface area (Å²) in [5.74, 6) is -1.47. The fourth-order valence-electron chi connectivity index (χ4n) is 3.41. The molecule has 2 aliphatic rings. The van der Waals surface area contributed by atoms with E-state index < -0.39 is 12.1 Å². The van der Waals surface area contributed by atoms with Crippen LogP contribution in [0.25, 0.3) is 0 Å². The zero-order valence-corrected chi connectivity index (χ0v) is 13.3. The summed E-state index contributed by atoms with van der Waals surface area (Å²) in [5.41, 5.74) is 0. The molecule has 5 nitrogen and oxygen atoms in total. The Hall–Kier alpha value is -0.860. The van der Waals surface area contributed by atoms with Gasteiger partial charge in [-0.2, -0.15) is 13.2 Å². The molecule has 0 radical (unpaired) electrons. The Kier molecular flexibility index (Phi) is 6.67. The lowest BCUT2D eigenvalue weighted by atomic mass is 9.85. The van der Waals surface area contributed by atoms with E-state index in [0.717, 1.165) is 26.2 Å². The van der Waals surface area contributed by atoms with E-state index in [1.54, 1.807) is 0 Å². The molecule has 1 saturated carbocycles. The van der Waals surface area contributed by atoms with Crippen LogP contribution in [0.3, 0.4) is 0 Å². The Morgan fingerprint density at radius 3 is 2.39 bits per heavy atom. The first-order valence-corrected chi connectivity index (χ1v) is 8.30. The standard InChI is InChI=1S/C15H26F3N3O2/c16-15(17,18)12-2-1-3-13(10-12)19-14(23)11-21-6-4-20(5-7-21)8-9-22/h12-13,22H,1-11H2,(H,19,23)/t12-,13-/m0/s1. The van der Waals surface area contributed by atoms with Gasteiger partial charge >= 0.3 is 6.18 Å². The maximum Gasteiger partial charge on any atom is 0.391 e. The highest BCUT2D eigenvalue weighted by Crippen LogP contribution is 2.37. The largest absolute Gasteiger partial charge is 0.395 e. The summed E-state index contributed by atoms with van der Waals surface area (Å²) in [5, 5.41) is 11.7. The molecule has 1 amide bonds. The van der Waals surface area contributed by atoms with Gasteiger partial charge in [0.25, 0.3) is 0 Å². The lowest BCUT2D eigenvalue weighted by Gasteiger charge is -2.35. The minimum Gasteiger partial charge on any atom is -0.395 e. The normalized spacial score (nSPS) is 27.8. The van der Waals surface area contributed by atoms with Crippen LogP contribution in [0.5, 0.6) is 0 Å². The van der Waals surface area contributed by atoms with Gasteiger partial charge < -0.3 is 10.4 Å². The third-order valence-electron chi connectivity index (χ3n) is 4.75. The molecule has 1 saturated heterocycles. The number of nitrogens with one attached hydrogen (secondary N) is 1. The predicted octanol–water partition coefficient (Wildman–Crippen LogP) is 0.834. The van der Waals surface area contributed by atoms with E-state index in [4.69, 9.17) is 5.11 Å². The number of nitrogens with zero attached hydrogens (tertiary/aromatic N) is 2. The zero-order valence-electron chi connectivity index (χ0n) is 13.3. The van der Waals surface area contributed by atoms with Crippen LogP contribution in [0.1, 0.15) is 25.7 Å². The summed E-state index contributed by atoms with van der Waals surface area (Å²) in [6, 6.07) is -0.362. The molecule has 2 atom stereocenters. The third kappa shape index (κ3) is 5.93. The van der Waals surface area contributed by atoms with Gasteiger partial charge in [0, 0.05) is 38.8 Å². The molecule has 1 heterocycles. The van der Waals surface area contributed by atoms with Gasteiger partial charge in [0.1, 0.15) is 0 Å². The van der Waals surface area contributed by atoms with E-state index in [0.29, 0.717) is 19.4 Å². The van der Waals surface area contributed by atoms with Crippen LogP contribution in [0.4, 0.5) is 13.2 Å². The second-order valence-electron chi connectivity index (χ2n) is 6.51. The highest BCUT2D eigenvalue weighted by Gasteiger charge is 2.42. The first-order chi connectivity index (χ1) is 10.9. The first kappa shape index (κ1) is 18.5. The molecule has 23 heavy (non-hydrogen) atoms. The summed E-state index contributed by atoms with van der Waals surface area (Å²) in [6.07, 6.45) is -2.85. The SMILES string of the molecule is O=C(CN1CCN(CCO)CC1)N[C@H]1CCC[C@H](C(F)(F)F)C1. The average molecular weight is 337 g/mol. The molecular weight excluding hydrogens is 311 g/mol. The van der Waals surface area contributed by atoms with Crippen molar-refractivity contribution in [3.63, 3.8) is 0 Å². The molecule has 2 rings (SSSR count). The number of carbonyl (C=O) groups excluding carboxylic acids is 1. The van der Waals surface area contributed by atoms with Crippen LogP contribution in [-0.4, -0.2) is 78.9 Å². The lowest BCUT2D eigenvalue weighted by molar-refractivity contribution is -0.184. The lowest BCUT2D eigenvalue weighted by Crippen LogP contribution is -2.51. The number of alkyl halides is 3. The van der Waals surface area contributed by atoms with E-state index in [2.05, 4.69) is 10.2 Å². The number of halogens is 3. The van der Waals surface area contributed by atoms with Crippen LogP contribution < -0.4 is 5.32 Å². The van der Waals surface area contributed by atoms with E-state index >= 15 is 0 Å². The summed E-state index contributed by atoms with van der Waals surface area (Å²) in [4.78, 5) is 16.2. The van der Waals surface area contributed by atoms with Crippen LogP contribution >= 0.6 is 0 Å². The molecular formula is C15H26F3N3O2. The van der Waals surface area contributed by atoms with Crippen molar-refractivity contribution in [2.45, 2.75) is 37.9 Å². The Balaban J connectivity index is 1.71. The fourth-order valence-corrected chi connectivity index (χ4v) is 3.41. The number of aliphatic hydroxyl groups excluding tert-OH is 1. The number of hydrogen-bond donors (Lipinski definition) is 2. The van der Waals surface area contributed by atoms with Crippen molar-refractivity contribution in [1.82, 2.24) is 15.1 Å². The number of rotatable bonds is 5. The van der Waals surface area contributed by atoms with Crippen molar-refractivity contribution < 1.29 is 23.1 Å². The Labute approximate surface area is 134 Å². The van der Waals surface area contributed by atoms with Crippen molar-refractivity contribution in [2.24, 2.45) is 5.92 Å². The van der Waals surface area contributed by atoms with Crippen LogP contribution in [0, 0.1) is 5.92 Å². The molecule has 134 valence electrons. The van der Waals surface area contributed by atoms with Gasteiger partial charge in [-0.05, 0) is 19.3 Å². The quantitative estimate of drug-likeness (QED) is 0.780. The van der Waals surface area contributed by atoms with Gasteiger partial charge in [0.05, 0.1) is 19.1 Å². The molecule has 0 unspecified atom stereocenters. The molecule has 2 N–H and O–H groups in total. The number of carbonyl (C=O) groups is 1. The first-order valence-electron chi connectivity index (χ1n) is 8.30. The number of β-amino-alcohol motifs (C(OH)–C–C–N with tert-alkyl or cyclic N) is 1. The molecule has 8 heteroatoms. The maximum absolute atomic E-state index is 12.8. The number of amides is 1. The van der Waals surface area contributed by atoms with Crippen LogP contribution in [-0.2, 0) is 4.79 Å². The maximum atomic E-state index is 12.8. The van der Waals surface area contributed by atoms with Crippen molar-refractivity contribution in [3.8, 4) is 0 Å². The molecule has 1 aliphatic heterocycles. The smallest absolute Gasteiger partial charge is 0.391 e.